The SMILES string of the molecule is Cc1ccc(C(C)C)c(OCC(O)Cn2cnc3c(cnn3-c3ccc(F)cc3)c2=O)c1. The zero-order valence-corrected chi connectivity index (χ0v) is 18.2. The Bertz CT molecular complexity index is 1300. The molecule has 0 saturated heterocycles. The van der Waals surface area contributed by atoms with Gasteiger partial charge in [0.2, 0.25) is 0 Å². The lowest BCUT2D eigenvalue weighted by Crippen LogP contribution is -2.30. The second-order valence-corrected chi connectivity index (χ2v) is 8.13. The highest BCUT2D eigenvalue weighted by Crippen LogP contribution is 2.27. The zero-order valence-electron chi connectivity index (χ0n) is 18.2. The lowest BCUT2D eigenvalue weighted by atomic mass is 10.0. The van der Waals surface area contributed by atoms with Crippen molar-refractivity contribution in [2.45, 2.75) is 39.3 Å². The molecule has 2 heterocycles. The first kappa shape index (κ1) is 21.7. The van der Waals surface area contributed by atoms with Gasteiger partial charge in [-0.1, -0.05) is 26.0 Å². The second kappa shape index (κ2) is 8.92. The normalized spacial score (nSPS) is 12.4. The molecule has 2 aromatic heterocycles. The number of hydrogen-bond donors (Lipinski definition) is 1. The summed E-state index contributed by atoms with van der Waals surface area (Å²) in [4.78, 5) is 17.2. The van der Waals surface area contributed by atoms with Gasteiger partial charge in [0.05, 0.1) is 18.4 Å². The highest BCUT2D eigenvalue weighted by Gasteiger charge is 2.15. The molecule has 4 aromatic rings. The molecule has 0 fully saturated rings. The summed E-state index contributed by atoms with van der Waals surface area (Å²) < 4.78 is 21.9. The van der Waals surface area contributed by atoms with Gasteiger partial charge < -0.3 is 9.84 Å². The Balaban J connectivity index is 1.51. The molecule has 0 aliphatic rings. The lowest BCUT2D eigenvalue weighted by molar-refractivity contribution is 0.0908. The van der Waals surface area contributed by atoms with Gasteiger partial charge in [-0.15, -0.1) is 0 Å². The third-order valence-corrected chi connectivity index (χ3v) is 5.26. The van der Waals surface area contributed by atoms with Gasteiger partial charge in [-0.3, -0.25) is 9.36 Å². The molecule has 0 spiro atoms. The van der Waals surface area contributed by atoms with Gasteiger partial charge in [0, 0.05) is 0 Å². The fraction of sp³-hybridized carbons (Fsp3) is 0.292. The zero-order chi connectivity index (χ0) is 22.8. The Hall–Kier alpha value is -3.52. The van der Waals surface area contributed by atoms with E-state index in [1.165, 1.54) is 33.9 Å². The Morgan fingerprint density at radius 1 is 1.16 bits per heavy atom. The topological polar surface area (TPSA) is 82.2 Å². The Labute approximate surface area is 184 Å². The monoisotopic (exact) mass is 436 g/mol. The Morgan fingerprint density at radius 2 is 1.91 bits per heavy atom. The van der Waals surface area contributed by atoms with Gasteiger partial charge in [0.25, 0.3) is 5.56 Å². The number of aryl methyl sites for hydroxylation is 1. The van der Waals surface area contributed by atoms with Crippen LogP contribution in [0, 0.1) is 12.7 Å². The molecular weight excluding hydrogens is 411 g/mol. The van der Waals surface area contributed by atoms with E-state index in [-0.39, 0.29) is 30.4 Å². The number of nitrogens with zero attached hydrogens (tertiary/aromatic N) is 4. The van der Waals surface area contributed by atoms with Crippen molar-refractivity contribution in [3.8, 4) is 11.4 Å². The number of ether oxygens (including phenoxy) is 1. The number of halogens is 1. The van der Waals surface area contributed by atoms with Crippen LogP contribution >= 0.6 is 0 Å². The van der Waals surface area contributed by atoms with Crippen LogP contribution in [0.2, 0.25) is 0 Å². The first-order valence-electron chi connectivity index (χ1n) is 10.4. The quantitative estimate of drug-likeness (QED) is 0.479. The van der Waals surface area contributed by atoms with Crippen molar-refractivity contribution in [2.24, 2.45) is 0 Å². The van der Waals surface area contributed by atoms with Gasteiger partial charge >= 0.3 is 0 Å². The summed E-state index contributed by atoms with van der Waals surface area (Å²) >= 11 is 0. The van der Waals surface area contributed by atoms with E-state index in [1.54, 1.807) is 12.1 Å². The maximum atomic E-state index is 13.2. The van der Waals surface area contributed by atoms with Crippen molar-refractivity contribution in [3.05, 3.63) is 82.3 Å². The summed E-state index contributed by atoms with van der Waals surface area (Å²) in [6, 6.07) is 11.8. The van der Waals surface area contributed by atoms with Gasteiger partial charge in [-0.05, 0) is 54.3 Å². The predicted molar refractivity (Wildman–Crippen MR) is 120 cm³/mol. The lowest BCUT2D eigenvalue weighted by Gasteiger charge is -2.18. The van der Waals surface area contributed by atoms with Crippen molar-refractivity contribution in [2.75, 3.05) is 6.61 Å². The van der Waals surface area contributed by atoms with E-state index < -0.39 is 6.10 Å². The molecule has 166 valence electrons. The van der Waals surface area contributed by atoms with Gasteiger partial charge in [-0.25, -0.2) is 14.1 Å². The minimum absolute atomic E-state index is 0.0341. The fourth-order valence-electron chi connectivity index (χ4n) is 3.56. The van der Waals surface area contributed by atoms with E-state index in [9.17, 15) is 14.3 Å². The van der Waals surface area contributed by atoms with Crippen LogP contribution < -0.4 is 10.3 Å². The number of aliphatic hydroxyl groups excluding tert-OH is 1. The standard InChI is InChI=1S/C24H25FN4O3/c1-15(2)20-9-4-16(3)10-22(20)32-13-19(30)12-28-14-26-23-21(24(28)31)11-27-29(23)18-7-5-17(25)6-8-18/h4-11,14-15,19,30H,12-13H2,1-3H3. The van der Waals surface area contributed by atoms with Crippen molar-refractivity contribution in [1.29, 1.82) is 0 Å². The molecule has 1 atom stereocenters. The van der Waals surface area contributed by atoms with Gasteiger partial charge in [-0.2, -0.15) is 5.10 Å². The van der Waals surface area contributed by atoms with Gasteiger partial charge in [0.15, 0.2) is 5.65 Å². The molecule has 0 saturated carbocycles. The van der Waals surface area contributed by atoms with E-state index >= 15 is 0 Å². The first-order valence-corrected chi connectivity index (χ1v) is 10.4. The molecule has 1 unspecified atom stereocenters. The molecule has 0 amide bonds. The summed E-state index contributed by atoms with van der Waals surface area (Å²) in [5.74, 6) is 0.665. The molecule has 2 aromatic carbocycles. The Kier molecular flexibility index (Phi) is 6.05. The van der Waals surface area contributed by atoms with E-state index in [2.05, 4.69) is 23.9 Å². The van der Waals surface area contributed by atoms with E-state index in [1.807, 2.05) is 25.1 Å². The van der Waals surface area contributed by atoms with Crippen molar-refractivity contribution < 1.29 is 14.2 Å². The van der Waals surface area contributed by atoms with E-state index in [4.69, 9.17) is 4.74 Å². The number of hydrogen-bond acceptors (Lipinski definition) is 5. The molecule has 4 rings (SSSR count). The average molecular weight is 436 g/mol. The summed E-state index contributed by atoms with van der Waals surface area (Å²) in [6.45, 7) is 6.23. The molecule has 0 radical (unpaired) electrons. The molecular formula is C24H25FN4O3. The van der Waals surface area contributed by atoms with Crippen LogP contribution in [-0.2, 0) is 6.54 Å². The predicted octanol–water partition coefficient (Wildman–Crippen LogP) is 3.59. The number of benzene rings is 2. The highest BCUT2D eigenvalue weighted by atomic mass is 19.1. The smallest absolute Gasteiger partial charge is 0.264 e. The van der Waals surface area contributed by atoms with E-state index in [0.717, 1.165) is 16.9 Å². The number of fused-ring (bicyclic) bond motifs is 1. The second-order valence-electron chi connectivity index (χ2n) is 8.13. The van der Waals surface area contributed by atoms with Crippen LogP contribution in [0.1, 0.15) is 30.9 Å². The van der Waals surface area contributed by atoms with Crippen LogP contribution in [0.4, 0.5) is 4.39 Å². The van der Waals surface area contributed by atoms with E-state index in [0.29, 0.717) is 16.7 Å². The molecule has 8 heteroatoms. The third kappa shape index (κ3) is 4.40. The Morgan fingerprint density at radius 3 is 2.62 bits per heavy atom. The van der Waals surface area contributed by atoms with Crippen molar-refractivity contribution in [1.82, 2.24) is 19.3 Å². The summed E-state index contributed by atoms with van der Waals surface area (Å²) in [6.07, 6.45) is 1.90. The number of aromatic nitrogens is 4. The summed E-state index contributed by atoms with van der Waals surface area (Å²) in [7, 11) is 0. The van der Waals surface area contributed by atoms with Crippen LogP contribution in [0.25, 0.3) is 16.7 Å². The fourth-order valence-corrected chi connectivity index (χ4v) is 3.56. The maximum absolute atomic E-state index is 13.2. The van der Waals surface area contributed by atoms with Crippen LogP contribution in [0.15, 0.2) is 59.8 Å². The number of rotatable bonds is 7. The highest BCUT2D eigenvalue weighted by molar-refractivity contribution is 5.74. The third-order valence-electron chi connectivity index (χ3n) is 5.26. The molecule has 0 aliphatic carbocycles. The minimum Gasteiger partial charge on any atom is -0.491 e. The van der Waals surface area contributed by atoms with Crippen molar-refractivity contribution >= 4 is 11.0 Å². The summed E-state index contributed by atoms with van der Waals surface area (Å²) in [5, 5.41) is 15.0. The van der Waals surface area contributed by atoms with Crippen molar-refractivity contribution in [3.63, 3.8) is 0 Å². The van der Waals surface area contributed by atoms with Crippen LogP contribution in [0.3, 0.4) is 0 Å². The minimum atomic E-state index is -0.903. The molecule has 0 bridgehead atoms. The summed E-state index contributed by atoms with van der Waals surface area (Å²) in [5.41, 5.74) is 2.78. The first-order chi connectivity index (χ1) is 15.3. The maximum Gasteiger partial charge on any atom is 0.264 e. The molecule has 32 heavy (non-hydrogen) atoms. The molecule has 0 aliphatic heterocycles. The molecule has 1 N–H and O–H groups in total. The average Bonchev–Trinajstić information content (AvgIpc) is 3.19. The van der Waals surface area contributed by atoms with Crippen LogP contribution in [0.5, 0.6) is 5.75 Å². The van der Waals surface area contributed by atoms with Gasteiger partial charge in [0.1, 0.15) is 36.0 Å². The number of aliphatic hydroxyl groups is 1. The van der Waals surface area contributed by atoms with Crippen LogP contribution in [-0.4, -0.2) is 37.1 Å². The molecule has 7 nitrogen and oxygen atoms in total. The largest absolute Gasteiger partial charge is 0.491 e.